The maximum absolute atomic E-state index is 10.3. The topological polar surface area (TPSA) is 40.5 Å². The number of hydrogen-bond donors (Lipinski definition) is 1. The van der Waals surface area contributed by atoms with Crippen LogP contribution in [-0.2, 0) is 4.79 Å². The standard InChI is InChI=1S/C10H19NO2/c1-8-6-9(2)11(7-8)5-3-4-10(12)13/h8-9H,3-7H2,1-2H3,(H,12,13). The van der Waals surface area contributed by atoms with Crippen molar-refractivity contribution in [3.8, 4) is 0 Å². The van der Waals surface area contributed by atoms with Crippen molar-refractivity contribution in [1.82, 2.24) is 4.90 Å². The van der Waals surface area contributed by atoms with Crippen LogP contribution in [0.4, 0.5) is 0 Å². The average Bonchev–Trinajstić information content (AvgIpc) is 2.29. The second-order valence-corrected chi connectivity index (χ2v) is 4.18. The van der Waals surface area contributed by atoms with Crippen LogP contribution in [0.25, 0.3) is 0 Å². The summed E-state index contributed by atoms with van der Waals surface area (Å²) in [5.41, 5.74) is 0. The number of carboxylic acid groups (broad SMARTS) is 1. The maximum atomic E-state index is 10.3. The number of hydrogen-bond acceptors (Lipinski definition) is 2. The lowest BCUT2D eigenvalue weighted by Crippen LogP contribution is -2.28. The van der Waals surface area contributed by atoms with Gasteiger partial charge in [0.25, 0.3) is 0 Å². The van der Waals surface area contributed by atoms with Gasteiger partial charge in [0.2, 0.25) is 0 Å². The summed E-state index contributed by atoms with van der Waals surface area (Å²) in [6, 6.07) is 0.642. The Bertz CT molecular complexity index is 182. The Hall–Kier alpha value is -0.570. The molecule has 76 valence electrons. The number of carbonyl (C=O) groups is 1. The molecule has 0 amide bonds. The molecule has 2 unspecified atom stereocenters. The van der Waals surface area contributed by atoms with Gasteiger partial charge in [-0.25, -0.2) is 0 Å². The van der Waals surface area contributed by atoms with E-state index >= 15 is 0 Å². The zero-order valence-electron chi connectivity index (χ0n) is 8.49. The van der Waals surface area contributed by atoms with E-state index in [0.717, 1.165) is 25.4 Å². The number of likely N-dealkylation sites (tertiary alicyclic amines) is 1. The zero-order chi connectivity index (χ0) is 9.84. The predicted molar refractivity (Wildman–Crippen MR) is 51.7 cm³/mol. The third-order valence-corrected chi connectivity index (χ3v) is 2.75. The maximum Gasteiger partial charge on any atom is 0.303 e. The van der Waals surface area contributed by atoms with Gasteiger partial charge in [0.1, 0.15) is 0 Å². The molecule has 0 aromatic heterocycles. The van der Waals surface area contributed by atoms with Crippen LogP contribution in [0, 0.1) is 5.92 Å². The largest absolute Gasteiger partial charge is 0.481 e. The van der Waals surface area contributed by atoms with Crippen LogP contribution in [0.5, 0.6) is 0 Å². The molecule has 0 aromatic carbocycles. The van der Waals surface area contributed by atoms with Crippen LogP contribution in [0.2, 0.25) is 0 Å². The van der Waals surface area contributed by atoms with E-state index in [-0.39, 0.29) is 0 Å². The second-order valence-electron chi connectivity index (χ2n) is 4.18. The summed E-state index contributed by atoms with van der Waals surface area (Å²) in [4.78, 5) is 12.7. The summed E-state index contributed by atoms with van der Waals surface area (Å²) in [6.07, 6.45) is 2.34. The highest BCUT2D eigenvalue weighted by Crippen LogP contribution is 2.22. The lowest BCUT2D eigenvalue weighted by Gasteiger charge is -2.20. The van der Waals surface area contributed by atoms with E-state index in [1.165, 1.54) is 6.42 Å². The van der Waals surface area contributed by atoms with Gasteiger partial charge in [-0.1, -0.05) is 6.92 Å². The second kappa shape index (κ2) is 4.61. The van der Waals surface area contributed by atoms with Crippen molar-refractivity contribution >= 4 is 5.97 Å². The van der Waals surface area contributed by atoms with Gasteiger partial charge in [0.15, 0.2) is 0 Å². The Morgan fingerprint density at radius 3 is 2.69 bits per heavy atom. The van der Waals surface area contributed by atoms with Crippen molar-refractivity contribution in [3.05, 3.63) is 0 Å². The van der Waals surface area contributed by atoms with Gasteiger partial charge >= 0.3 is 5.97 Å². The third-order valence-electron chi connectivity index (χ3n) is 2.75. The first kappa shape index (κ1) is 10.5. The molecule has 13 heavy (non-hydrogen) atoms. The van der Waals surface area contributed by atoms with Crippen molar-refractivity contribution in [2.24, 2.45) is 5.92 Å². The average molecular weight is 185 g/mol. The van der Waals surface area contributed by atoms with E-state index in [1.54, 1.807) is 0 Å². The fourth-order valence-corrected chi connectivity index (χ4v) is 2.13. The number of carboxylic acids is 1. The van der Waals surface area contributed by atoms with E-state index in [0.29, 0.717) is 12.5 Å². The summed E-state index contributed by atoms with van der Waals surface area (Å²) >= 11 is 0. The van der Waals surface area contributed by atoms with Crippen LogP contribution in [0.15, 0.2) is 0 Å². The molecule has 0 aliphatic carbocycles. The monoisotopic (exact) mass is 185 g/mol. The van der Waals surface area contributed by atoms with Crippen molar-refractivity contribution in [1.29, 1.82) is 0 Å². The lowest BCUT2D eigenvalue weighted by atomic mass is 10.1. The Labute approximate surface area is 79.7 Å². The summed E-state index contributed by atoms with van der Waals surface area (Å²) in [5, 5.41) is 8.49. The molecular formula is C10H19NO2. The zero-order valence-corrected chi connectivity index (χ0v) is 8.49. The van der Waals surface area contributed by atoms with Gasteiger partial charge < -0.3 is 10.0 Å². The van der Waals surface area contributed by atoms with E-state index in [4.69, 9.17) is 5.11 Å². The van der Waals surface area contributed by atoms with E-state index in [9.17, 15) is 4.79 Å². The van der Waals surface area contributed by atoms with Crippen molar-refractivity contribution in [3.63, 3.8) is 0 Å². The molecule has 2 atom stereocenters. The molecule has 1 rings (SSSR count). The van der Waals surface area contributed by atoms with Crippen LogP contribution >= 0.6 is 0 Å². The highest BCUT2D eigenvalue weighted by Gasteiger charge is 2.25. The Kier molecular flexibility index (Phi) is 3.72. The number of nitrogens with zero attached hydrogens (tertiary/aromatic N) is 1. The number of aliphatic carboxylic acids is 1. The Morgan fingerprint density at radius 1 is 1.54 bits per heavy atom. The molecule has 3 heteroatoms. The summed E-state index contributed by atoms with van der Waals surface area (Å²) in [5.74, 6) is 0.0970. The molecule has 1 aliphatic rings. The molecule has 1 heterocycles. The first-order valence-electron chi connectivity index (χ1n) is 5.05. The van der Waals surface area contributed by atoms with E-state index in [2.05, 4.69) is 18.7 Å². The molecule has 1 N–H and O–H groups in total. The minimum atomic E-state index is -0.681. The van der Waals surface area contributed by atoms with Gasteiger partial charge in [-0.2, -0.15) is 0 Å². The molecule has 1 saturated heterocycles. The van der Waals surface area contributed by atoms with Gasteiger partial charge in [-0.05, 0) is 32.2 Å². The first-order valence-corrected chi connectivity index (χ1v) is 5.05. The minimum Gasteiger partial charge on any atom is -0.481 e. The smallest absolute Gasteiger partial charge is 0.303 e. The fourth-order valence-electron chi connectivity index (χ4n) is 2.13. The first-order chi connectivity index (χ1) is 6.09. The summed E-state index contributed by atoms with van der Waals surface area (Å²) in [7, 11) is 0. The summed E-state index contributed by atoms with van der Waals surface area (Å²) < 4.78 is 0. The molecule has 1 aliphatic heterocycles. The number of rotatable bonds is 4. The summed E-state index contributed by atoms with van der Waals surface area (Å²) in [6.45, 7) is 6.57. The molecule has 3 nitrogen and oxygen atoms in total. The third kappa shape index (κ3) is 3.35. The fraction of sp³-hybridized carbons (Fsp3) is 0.900. The minimum absolute atomic E-state index is 0.303. The van der Waals surface area contributed by atoms with Crippen molar-refractivity contribution in [2.75, 3.05) is 13.1 Å². The van der Waals surface area contributed by atoms with Gasteiger partial charge in [0, 0.05) is 19.0 Å². The molecule has 0 aromatic rings. The van der Waals surface area contributed by atoms with Crippen molar-refractivity contribution < 1.29 is 9.90 Å². The normalized spacial score (nSPS) is 29.4. The molecular weight excluding hydrogens is 166 g/mol. The molecule has 0 saturated carbocycles. The predicted octanol–water partition coefficient (Wildman–Crippen LogP) is 1.58. The van der Waals surface area contributed by atoms with Crippen LogP contribution in [-0.4, -0.2) is 35.1 Å². The Morgan fingerprint density at radius 2 is 2.23 bits per heavy atom. The molecule has 0 radical (unpaired) electrons. The quantitative estimate of drug-likeness (QED) is 0.723. The molecule has 0 spiro atoms. The van der Waals surface area contributed by atoms with Gasteiger partial charge in [-0.3, -0.25) is 4.79 Å². The van der Waals surface area contributed by atoms with Crippen LogP contribution in [0.1, 0.15) is 33.1 Å². The van der Waals surface area contributed by atoms with E-state index in [1.807, 2.05) is 0 Å². The SMILES string of the molecule is CC1CC(C)N(CCCC(=O)O)C1. The van der Waals surface area contributed by atoms with E-state index < -0.39 is 5.97 Å². The van der Waals surface area contributed by atoms with Crippen LogP contribution in [0.3, 0.4) is 0 Å². The van der Waals surface area contributed by atoms with Crippen molar-refractivity contribution in [2.45, 2.75) is 39.2 Å². The van der Waals surface area contributed by atoms with Gasteiger partial charge in [0.05, 0.1) is 0 Å². The van der Waals surface area contributed by atoms with Crippen LogP contribution < -0.4 is 0 Å². The highest BCUT2D eigenvalue weighted by atomic mass is 16.4. The highest BCUT2D eigenvalue weighted by molar-refractivity contribution is 5.66. The molecule has 0 bridgehead atoms. The Balaban J connectivity index is 2.18. The van der Waals surface area contributed by atoms with Gasteiger partial charge in [-0.15, -0.1) is 0 Å². The molecule has 1 fully saturated rings. The lowest BCUT2D eigenvalue weighted by molar-refractivity contribution is -0.137.